The molecule has 0 spiro atoms. The normalized spacial score (nSPS) is 27.1. The Morgan fingerprint density at radius 3 is 2.48 bits per heavy atom. The monoisotopic (exact) mass is 288 g/mol. The van der Waals surface area contributed by atoms with Gasteiger partial charge in [0.25, 0.3) is 0 Å². The van der Waals surface area contributed by atoms with Gasteiger partial charge in [-0.1, -0.05) is 30.7 Å². The van der Waals surface area contributed by atoms with Crippen molar-refractivity contribution in [2.24, 2.45) is 0 Å². The zero-order chi connectivity index (χ0) is 14.9. The molecule has 0 heterocycles. The van der Waals surface area contributed by atoms with Crippen LogP contribution in [0.25, 0.3) is 0 Å². The molecule has 1 saturated carbocycles. The summed E-state index contributed by atoms with van der Waals surface area (Å²) >= 11 is 0. The van der Waals surface area contributed by atoms with E-state index in [9.17, 15) is 4.79 Å². The number of benzene rings is 1. The maximum Gasteiger partial charge on any atom is 0.314 e. The predicted octanol–water partition coefficient (Wildman–Crippen LogP) is 4.13. The number of hydrogen-bond donors (Lipinski definition) is 0. The van der Waals surface area contributed by atoms with Crippen molar-refractivity contribution >= 4 is 5.97 Å². The third kappa shape index (κ3) is 2.84. The molecule has 0 saturated heterocycles. The van der Waals surface area contributed by atoms with Crippen LogP contribution in [0.2, 0.25) is 0 Å². The number of carbonyl (C=O) groups excluding carboxylic acids is 1. The van der Waals surface area contributed by atoms with Crippen LogP contribution in [-0.4, -0.2) is 18.7 Å². The summed E-state index contributed by atoms with van der Waals surface area (Å²) in [5, 5.41) is 0. The van der Waals surface area contributed by atoms with Gasteiger partial charge in [-0.3, -0.25) is 4.79 Å². The van der Waals surface area contributed by atoms with Crippen LogP contribution in [-0.2, 0) is 14.3 Å². The number of fused-ring (bicyclic) bond motifs is 1. The first-order valence-corrected chi connectivity index (χ1v) is 7.97. The first-order valence-electron chi connectivity index (χ1n) is 7.97. The van der Waals surface area contributed by atoms with Gasteiger partial charge in [0.05, 0.1) is 12.0 Å². The molecule has 3 rings (SSSR count). The van der Waals surface area contributed by atoms with Crippen LogP contribution >= 0.6 is 0 Å². The molecule has 0 N–H and O–H groups in total. The topological polar surface area (TPSA) is 35.5 Å². The van der Waals surface area contributed by atoms with Crippen LogP contribution in [0.15, 0.2) is 24.3 Å². The highest BCUT2D eigenvalue weighted by Crippen LogP contribution is 2.43. The highest BCUT2D eigenvalue weighted by molar-refractivity contribution is 5.80. The summed E-state index contributed by atoms with van der Waals surface area (Å²) in [6.07, 6.45) is 6.26. The van der Waals surface area contributed by atoms with Crippen molar-refractivity contribution in [3.63, 3.8) is 0 Å². The van der Waals surface area contributed by atoms with Gasteiger partial charge in [-0.15, -0.1) is 0 Å². The Morgan fingerprint density at radius 1 is 1.14 bits per heavy atom. The smallest absolute Gasteiger partial charge is 0.314 e. The van der Waals surface area contributed by atoms with Crippen LogP contribution < -0.4 is 0 Å². The fourth-order valence-electron chi connectivity index (χ4n) is 3.75. The Morgan fingerprint density at radius 2 is 1.81 bits per heavy atom. The van der Waals surface area contributed by atoms with Crippen LogP contribution in [0.5, 0.6) is 0 Å². The summed E-state index contributed by atoms with van der Waals surface area (Å²) < 4.78 is 11.4. The van der Waals surface area contributed by atoms with E-state index in [1.54, 1.807) is 7.11 Å². The van der Waals surface area contributed by atoms with E-state index in [4.69, 9.17) is 9.47 Å². The Labute approximate surface area is 126 Å². The number of ether oxygens (including phenoxy) is 2. The molecule has 114 valence electrons. The summed E-state index contributed by atoms with van der Waals surface area (Å²) in [5.74, 6) is -0.253. The maximum absolute atomic E-state index is 12.7. The van der Waals surface area contributed by atoms with E-state index in [0.717, 1.165) is 36.8 Å². The molecule has 1 fully saturated rings. The maximum atomic E-state index is 12.7. The number of methoxy groups -OCH3 is 1. The molecule has 21 heavy (non-hydrogen) atoms. The van der Waals surface area contributed by atoms with Crippen molar-refractivity contribution in [1.82, 2.24) is 0 Å². The number of carbonyl (C=O) groups is 1. The highest BCUT2D eigenvalue weighted by atomic mass is 16.6. The number of esters is 1. The van der Waals surface area contributed by atoms with Crippen molar-refractivity contribution in [1.29, 1.82) is 0 Å². The molecule has 1 aromatic carbocycles. The van der Waals surface area contributed by atoms with E-state index in [1.165, 1.54) is 6.42 Å². The second kappa shape index (κ2) is 5.80. The fraction of sp³-hybridized carbons (Fsp3) is 0.611. The molecule has 0 aliphatic heterocycles. The second-order valence-corrected chi connectivity index (χ2v) is 6.57. The molecule has 3 nitrogen and oxygen atoms in total. The molecule has 1 aromatic rings. The molecule has 0 aromatic heterocycles. The lowest BCUT2D eigenvalue weighted by atomic mass is 9.86. The van der Waals surface area contributed by atoms with E-state index >= 15 is 0 Å². The average molecular weight is 288 g/mol. The van der Waals surface area contributed by atoms with Gasteiger partial charge in [-0.25, -0.2) is 0 Å². The van der Waals surface area contributed by atoms with Gasteiger partial charge in [0.2, 0.25) is 0 Å². The second-order valence-electron chi connectivity index (χ2n) is 6.57. The third-order valence-electron chi connectivity index (χ3n) is 5.00. The lowest BCUT2D eigenvalue weighted by molar-refractivity contribution is -0.163. The molecular weight excluding hydrogens is 264 g/mol. The van der Waals surface area contributed by atoms with Gasteiger partial charge in [0, 0.05) is 7.11 Å². The Bertz CT molecular complexity index is 517. The van der Waals surface area contributed by atoms with E-state index in [-0.39, 0.29) is 23.6 Å². The van der Waals surface area contributed by atoms with Gasteiger partial charge in [0.1, 0.15) is 5.60 Å². The minimum absolute atomic E-state index is 0.0120. The molecule has 3 heteroatoms. The van der Waals surface area contributed by atoms with Crippen molar-refractivity contribution in [2.45, 2.75) is 63.1 Å². The zero-order valence-corrected chi connectivity index (χ0v) is 12.9. The van der Waals surface area contributed by atoms with Crippen LogP contribution in [0.4, 0.5) is 0 Å². The molecule has 0 radical (unpaired) electrons. The lowest BCUT2D eigenvalue weighted by Crippen LogP contribution is -2.35. The minimum Gasteiger partial charge on any atom is -0.459 e. The minimum atomic E-state index is -0.268. The molecule has 2 aliphatic rings. The van der Waals surface area contributed by atoms with E-state index in [2.05, 4.69) is 13.0 Å². The summed E-state index contributed by atoms with van der Waals surface area (Å²) in [6.45, 7) is 2.08. The van der Waals surface area contributed by atoms with Gasteiger partial charge >= 0.3 is 5.97 Å². The largest absolute Gasteiger partial charge is 0.459 e. The van der Waals surface area contributed by atoms with Gasteiger partial charge in [-0.2, -0.15) is 0 Å². The van der Waals surface area contributed by atoms with Crippen molar-refractivity contribution < 1.29 is 14.3 Å². The number of rotatable bonds is 3. The SMILES string of the molecule is COC1CC(C(=O)OC2(C)CCCCC2)c2ccccc21. The molecule has 2 atom stereocenters. The van der Waals surface area contributed by atoms with Crippen molar-refractivity contribution in [2.75, 3.05) is 7.11 Å². The van der Waals surface area contributed by atoms with Gasteiger partial charge in [-0.05, 0) is 50.2 Å². The molecule has 0 bridgehead atoms. The van der Waals surface area contributed by atoms with Crippen LogP contribution in [0.3, 0.4) is 0 Å². The Hall–Kier alpha value is -1.35. The van der Waals surface area contributed by atoms with Gasteiger partial charge in [0.15, 0.2) is 0 Å². The number of hydrogen-bond acceptors (Lipinski definition) is 3. The molecular formula is C18H24O3. The summed E-state index contributed by atoms with van der Waals surface area (Å²) in [6, 6.07) is 8.07. The van der Waals surface area contributed by atoms with E-state index in [0.29, 0.717) is 6.42 Å². The van der Waals surface area contributed by atoms with Crippen molar-refractivity contribution in [3.05, 3.63) is 35.4 Å². The first kappa shape index (κ1) is 14.6. The molecule has 0 amide bonds. The molecule has 2 aliphatic carbocycles. The fourth-order valence-corrected chi connectivity index (χ4v) is 3.75. The quantitative estimate of drug-likeness (QED) is 0.785. The molecule has 2 unspecified atom stereocenters. The van der Waals surface area contributed by atoms with Crippen LogP contribution in [0, 0.1) is 0 Å². The standard InChI is InChI=1S/C18H24O3/c1-18(10-6-3-7-11-18)21-17(19)15-12-16(20-2)14-9-5-4-8-13(14)15/h4-5,8-9,15-16H,3,6-7,10-12H2,1-2H3. The zero-order valence-electron chi connectivity index (χ0n) is 12.9. The van der Waals surface area contributed by atoms with E-state index < -0.39 is 0 Å². The summed E-state index contributed by atoms with van der Waals surface area (Å²) in [5.41, 5.74) is 1.94. The first-order chi connectivity index (χ1) is 10.1. The van der Waals surface area contributed by atoms with E-state index in [1.807, 2.05) is 18.2 Å². The predicted molar refractivity (Wildman–Crippen MR) is 81.1 cm³/mol. The lowest BCUT2D eigenvalue weighted by Gasteiger charge is -2.34. The third-order valence-corrected chi connectivity index (χ3v) is 5.00. The highest BCUT2D eigenvalue weighted by Gasteiger charge is 2.39. The van der Waals surface area contributed by atoms with Crippen LogP contribution in [0.1, 0.15) is 68.6 Å². The summed E-state index contributed by atoms with van der Waals surface area (Å²) in [4.78, 5) is 12.7. The Kier molecular flexibility index (Phi) is 4.03. The van der Waals surface area contributed by atoms with Crippen molar-refractivity contribution in [3.8, 4) is 0 Å². The average Bonchev–Trinajstić information content (AvgIpc) is 2.86. The summed E-state index contributed by atoms with van der Waals surface area (Å²) in [7, 11) is 1.71. The van der Waals surface area contributed by atoms with Gasteiger partial charge < -0.3 is 9.47 Å². The Balaban J connectivity index is 1.76.